The fourth-order valence-electron chi connectivity index (χ4n) is 4.36. The highest BCUT2D eigenvalue weighted by molar-refractivity contribution is 6.15. The normalized spacial score (nSPS) is 15.4. The second-order valence-electron chi connectivity index (χ2n) is 8.60. The van der Waals surface area contributed by atoms with E-state index in [1.807, 2.05) is 30.3 Å². The third-order valence-corrected chi connectivity index (χ3v) is 6.16. The number of ether oxygens (including phenoxy) is 2. The van der Waals surface area contributed by atoms with E-state index in [9.17, 15) is 14.7 Å². The number of furan rings is 2. The minimum Gasteiger partial charge on any atom is -0.503 e. The predicted octanol–water partition coefficient (Wildman–Crippen LogP) is 5.55. The van der Waals surface area contributed by atoms with Crippen LogP contribution in [0.1, 0.15) is 39.2 Å². The molecule has 1 N–H and O–H groups in total. The van der Waals surface area contributed by atoms with Gasteiger partial charge >= 0.3 is 0 Å². The Hall–Kier alpha value is -4.72. The van der Waals surface area contributed by atoms with Gasteiger partial charge in [0, 0.05) is 0 Å². The number of Topliss-reactive ketones (excluding diaryl/α,β-unsaturated/α-hetero) is 1. The summed E-state index contributed by atoms with van der Waals surface area (Å²) in [7, 11) is 1.51. The molecule has 1 aliphatic heterocycles. The third-order valence-electron chi connectivity index (χ3n) is 6.16. The average Bonchev–Trinajstić information content (AvgIpc) is 3.65. The van der Waals surface area contributed by atoms with E-state index in [1.54, 1.807) is 43.3 Å². The SMILES string of the molecule is COc1cc(C2C(C(=O)c3ccc(C)o3)=C(O)C(=O)N2Cc2ccco2)ccc1OCc1ccccc1. The lowest BCUT2D eigenvalue weighted by Crippen LogP contribution is -2.30. The van der Waals surface area contributed by atoms with Crippen molar-refractivity contribution in [1.82, 2.24) is 4.90 Å². The number of amides is 1. The highest BCUT2D eigenvalue weighted by atomic mass is 16.5. The summed E-state index contributed by atoms with van der Waals surface area (Å²) in [5.74, 6) is 0.114. The molecule has 5 rings (SSSR count). The maximum absolute atomic E-state index is 13.5. The van der Waals surface area contributed by atoms with Gasteiger partial charge in [-0.05, 0) is 54.4 Å². The summed E-state index contributed by atoms with van der Waals surface area (Å²) in [6, 6.07) is 20.6. The molecule has 2 aromatic carbocycles. The maximum Gasteiger partial charge on any atom is 0.290 e. The van der Waals surface area contributed by atoms with Crippen molar-refractivity contribution in [1.29, 1.82) is 0 Å². The zero-order valence-corrected chi connectivity index (χ0v) is 20.3. The van der Waals surface area contributed by atoms with Crippen molar-refractivity contribution in [3.8, 4) is 11.5 Å². The van der Waals surface area contributed by atoms with Crippen LogP contribution in [0.15, 0.2) is 99.2 Å². The molecule has 1 atom stereocenters. The van der Waals surface area contributed by atoms with Crippen LogP contribution in [-0.4, -0.2) is 28.8 Å². The average molecular weight is 500 g/mol. The molecule has 1 aliphatic rings. The first-order valence-corrected chi connectivity index (χ1v) is 11.7. The Bertz CT molecular complexity index is 1450. The van der Waals surface area contributed by atoms with Gasteiger partial charge < -0.3 is 28.3 Å². The fraction of sp³-hybridized carbons (Fsp3) is 0.172. The standard InChI is InChI=1S/C29H25NO7/c1-18-10-12-23(37-18)27(31)25-26(30(29(33)28(25)32)16-21-9-6-14-35-21)20-11-13-22(24(15-20)34-2)36-17-19-7-4-3-5-8-19/h3-15,26,32H,16-17H2,1-2H3. The van der Waals surface area contributed by atoms with Crippen LogP contribution in [0.4, 0.5) is 0 Å². The zero-order valence-electron chi connectivity index (χ0n) is 20.3. The van der Waals surface area contributed by atoms with Crippen molar-refractivity contribution < 1.29 is 33.0 Å². The van der Waals surface area contributed by atoms with Crippen molar-refractivity contribution in [2.45, 2.75) is 26.1 Å². The molecule has 1 amide bonds. The van der Waals surface area contributed by atoms with Crippen molar-refractivity contribution in [3.63, 3.8) is 0 Å². The fourth-order valence-corrected chi connectivity index (χ4v) is 4.36. The van der Waals surface area contributed by atoms with Crippen LogP contribution >= 0.6 is 0 Å². The number of hydrogen-bond acceptors (Lipinski definition) is 7. The largest absolute Gasteiger partial charge is 0.503 e. The van der Waals surface area contributed by atoms with E-state index in [0.29, 0.717) is 35.2 Å². The molecule has 0 saturated carbocycles. The Balaban J connectivity index is 1.52. The Morgan fingerprint density at radius 2 is 1.84 bits per heavy atom. The maximum atomic E-state index is 13.5. The molecule has 3 heterocycles. The number of carbonyl (C=O) groups excluding carboxylic acids is 2. The van der Waals surface area contributed by atoms with Gasteiger partial charge in [-0.25, -0.2) is 0 Å². The summed E-state index contributed by atoms with van der Waals surface area (Å²) in [6.07, 6.45) is 1.50. The first-order valence-electron chi connectivity index (χ1n) is 11.7. The van der Waals surface area contributed by atoms with Crippen LogP contribution in [0, 0.1) is 6.92 Å². The van der Waals surface area contributed by atoms with E-state index in [-0.39, 0.29) is 17.9 Å². The van der Waals surface area contributed by atoms with E-state index in [2.05, 4.69) is 0 Å². The monoisotopic (exact) mass is 499 g/mol. The number of carbonyl (C=O) groups is 2. The number of hydrogen-bond donors (Lipinski definition) is 1. The van der Waals surface area contributed by atoms with Gasteiger partial charge in [0.2, 0.25) is 5.78 Å². The number of nitrogens with zero attached hydrogens (tertiary/aromatic N) is 1. The predicted molar refractivity (Wildman–Crippen MR) is 133 cm³/mol. The summed E-state index contributed by atoms with van der Waals surface area (Å²) < 4.78 is 22.5. The molecule has 0 fully saturated rings. The van der Waals surface area contributed by atoms with Gasteiger partial charge in [0.15, 0.2) is 23.0 Å². The Morgan fingerprint density at radius 3 is 2.51 bits per heavy atom. The summed E-state index contributed by atoms with van der Waals surface area (Å²) >= 11 is 0. The van der Waals surface area contributed by atoms with Crippen LogP contribution < -0.4 is 9.47 Å². The molecular weight excluding hydrogens is 474 g/mol. The van der Waals surface area contributed by atoms with Crippen LogP contribution in [-0.2, 0) is 17.9 Å². The van der Waals surface area contributed by atoms with Gasteiger partial charge in [-0.1, -0.05) is 36.4 Å². The molecule has 0 radical (unpaired) electrons. The van der Waals surface area contributed by atoms with Crippen LogP contribution in [0.25, 0.3) is 0 Å². The molecule has 188 valence electrons. The van der Waals surface area contributed by atoms with Crippen LogP contribution in [0.2, 0.25) is 0 Å². The molecule has 0 bridgehead atoms. The zero-order chi connectivity index (χ0) is 25.9. The molecule has 0 spiro atoms. The minimum absolute atomic E-state index is 0.0338. The van der Waals surface area contributed by atoms with Crippen LogP contribution in [0.5, 0.6) is 11.5 Å². The van der Waals surface area contributed by atoms with Crippen molar-refractivity contribution in [2.24, 2.45) is 0 Å². The lowest BCUT2D eigenvalue weighted by molar-refractivity contribution is -0.130. The number of rotatable bonds is 9. The number of ketones is 1. The van der Waals surface area contributed by atoms with Gasteiger partial charge in [0.25, 0.3) is 5.91 Å². The lowest BCUT2D eigenvalue weighted by Gasteiger charge is -2.26. The Labute approximate surface area is 213 Å². The molecule has 1 unspecified atom stereocenters. The number of benzene rings is 2. The Kier molecular flexibility index (Phi) is 6.55. The molecule has 0 aliphatic carbocycles. The summed E-state index contributed by atoms with van der Waals surface area (Å²) in [5, 5.41) is 10.9. The van der Waals surface area contributed by atoms with Crippen molar-refractivity contribution in [2.75, 3.05) is 7.11 Å². The summed E-state index contributed by atoms with van der Waals surface area (Å²) in [6.45, 7) is 2.10. The Morgan fingerprint density at radius 1 is 1.03 bits per heavy atom. The molecule has 37 heavy (non-hydrogen) atoms. The van der Waals surface area contributed by atoms with Gasteiger partial charge in [0.05, 0.1) is 31.5 Å². The second kappa shape index (κ2) is 10.1. The first kappa shape index (κ1) is 24.0. The van der Waals surface area contributed by atoms with Gasteiger partial charge in [-0.3, -0.25) is 9.59 Å². The van der Waals surface area contributed by atoms with Crippen molar-refractivity contribution in [3.05, 3.63) is 119 Å². The lowest BCUT2D eigenvalue weighted by atomic mass is 9.94. The smallest absolute Gasteiger partial charge is 0.290 e. The number of aryl methyl sites for hydroxylation is 1. The number of methoxy groups -OCH3 is 1. The second-order valence-corrected chi connectivity index (χ2v) is 8.60. The summed E-state index contributed by atoms with van der Waals surface area (Å²) in [4.78, 5) is 28.0. The van der Waals surface area contributed by atoms with E-state index in [1.165, 1.54) is 24.3 Å². The molecule has 0 saturated heterocycles. The third kappa shape index (κ3) is 4.73. The molecular formula is C29H25NO7. The quantitative estimate of drug-likeness (QED) is 0.301. The van der Waals surface area contributed by atoms with Gasteiger partial charge in [-0.2, -0.15) is 0 Å². The van der Waals surface area contributed by atoms with E-state index in [0.717, 1.165) is 5.56 Å². The highest BCUT2D eigenvalue weighted by Crippen LogP contribution is 2.42. The molecule has 4 aromatic rings. The molecule has 8 heteroatoms. The van der Waals surface area contributed by atoms with Gasteiger partial charge in [0.1, 0.15) is 18.1 Å². The highest BCUT2D eigenvalue weighted by Gasteiger charge is 2.45. The van der Waals surface area contributed by atoms with Crippen LogP contribution in [0.3, 0.4) is 0 Å². The summed E-state index contributed by atoms with van der Waals surface area (Å²) in [5.41, 5.74) is 1.47. The first-order chi connectivity index (χ1) is 18.0. The van der Waals surface area contributed by atoms with E-state index < -0.39 is 23.5 Å². The minimum atomic E-state index is -0.910. The topological polar surface area (TPSA) is 102 Å². The van der Waals surface area contributed by atoms with E-state index in [4.69, 9.17) is 18.3 Å². The number of aliphatic hydroxyl groups is 1. The molecule has 2 aromatic heterocycles. The molecule has 8 nitrogen and oxygen atoms in total. The van der Waals surface area contributed by atoms with Crippen molar-refractivity contribution >= 4 is 11.7 Å². The van der Waals surface area contributed by atoms with E-state index >= 15 is 0 Å². The van der Waals surface area contributed by atoms with Gasteiger partial charge in [-0.15, -0.1) is 0 Å². The number of aliphatic hydroxyl groups excluding tert-OH is 1.